The van der Waals surface area contributed by atoms with Crippen molar-refractivity contribution < 1.29 is 27.1 Å². The summed E-state index contributed by atoms with van der Waals surface area (Å²) >= 11 is 0. The Morgan fingerprint density at radius 3 is 2.59 bits per heavy atom. The van der Waals surface area contributed by atoms with Gasteiger partial charge in [0.2, 0.25) is 5.65 Å². The highest BCUT2D eigenvalue weighted by Gasteiger charge is 2.29. The molecule has 0 atom stereocenters. The molecule has 34 heavy (non-hydrogen) atoms. The van der Waals surface area contributed by atoms with Gasteiger partial charge in [0.25, 0.3) is 5.88 Å². The molecule has 1 saturated heterocycles. The van der Waals surface area contributed by atoms with Gasteiger partial charge in [0.15, 0.2) is 21.4 Å². The van der Waals surface area contributed by atoms with Crippen molar-refractivity contribution >= 4 is 21.6 Å². The van der Waals surface area contributed by atoms with E-state index in [-0.39, 0.29) is 28.5 Å². The molecular formula is C23H27FN4O5S. The maximum Gasteiger partial charge on any atom is 0.409 e. The summed E-state index contributed by atoms with van der Waals surface area (Å²) in [5.41, 5.74) is 2.37. The lowest BCUT2D eigenvalue weighted by Gasteiger charge is -2.31. The number of ether oxygens (including phenoxy) is 2. The van der Waals surface area contributed by atoms with E-state index in [2.05, 4.69) is 4.98 Å². The summed E-state index contributed by atoms with van der Waals surface area (Å²) in [6.07, 6.45) is 6.29. The molecule has 9 nitrogen and oxygen atoms in total. The maximum absolute atomic E-state index is 14.6. The molecule has 1 aromatic carbocycles. The third-order valence-electron chi connectivity index (χ3n) is 5.90. The molecule has 3 aromatic rings. The van der Waals surface area contributed by atoms with Gasteiger partial charge in [0.05, 0.1) is 17.2 Å². The Bertz CT molecular complexity index is 1320. The van der Waals surface area contributed by atoms with Gasteiger partial charge >= 0.3 is 6.09 Å². The fraction of sp³-hybridized carbons (Fsp3) is 0.435. The zero-order valence-corrected chi connectivity index (χ0v) is 20.1. The van der Waals surface area contributed by atoms with Crippen LogP contribution in [0.2, 0.25) is 0 Å². The first-order valence-electron chi connectivity index (χ1n) is 11.2. The van der Waals surface area contributed by atoms with Gasteiger partial charge in [-0.2, -0.15) is 0 Å². The van der Waals surface area contributed by atoms with E-state index in [1.165, 1.54) is 12.1 Å². The lowest BCUT2D eigenvalue weighted by molar-refractivity contribution is 0.0968. The van der Waals surface area contributed by atoms with E-state index in [4.69, 9.17) is 14.5 Å². The smallest absolute Gasteiger partial charge is 0.409 e. The third-order valence-corrected chi connectivity index (χ3v) is 7.01. The molecule has 0 unspecified atom stereocenters. The molecule has 182 valence electrons. The standard InChI is InChI=1S/C23H27FN4O5S/c1-4-18-20(15-8-11-27(12-9-15)23(29)32-5-2)28-13-10-25-22(21(28)26-18)33-19-7-6-16(14-17(19)24)34(3,30)31/h6-7,10,13-15H,4-5,8-9,11-12H2,1-3H3. The molecule has 3 heterocycles. The van der Waals surface area contributed by atoms with Gasteiger partial charge in [0, 0.05) is 43.4 Å². The number of halogens is 1. The minimum atomic E-state index is -3.54. The van der Waals surface area contributed by atoms with E-state index in [0.29, 0.717) is 31.8 Å². The molecule has 0 N–H and O–H groups in total. The number of fused-ring (bicyclic) bond motifs is 1. The van der Waals surface area contributed by atoms with Gasteiger partial charge < -0.3 is 14.4 Å². The number of carbonyl (C=O) groups is 1. The number of amides is 1. The average Bonchev–Trinajstić information content (AvgIpc) is 3.19. The fourth-order valence-corrected chi connectivity index (χ4v) is 4.87. The van der Waals surface area contributed by atoms with Crippen molar-refractivity contribution in [2.24, 2.45) is 0 Å². The first kappa shape index (κ1) is 23.9. The number of carbonyl (C=O) groups excluding carboxylic acids is 1. The van der Waals surface area contributed by atoms with E-state index < -0.39 is 15.7 Å². The van der Waals surface area contributed by atoms with E-state index >= 15 is 0 Å². The second-order valence-corrected chi connectivity index (χ2v) is 10.2. The number of benzene rings is 1. The molecule has 1 aliphatic rings. The third kappa shape index (κ3) is 4.70. The summed E-state index contributed by atoms with van der Waals surface area (Å²) in [5.74, 6) is -0.644. The molecule has 0 saturated carbocycles. The van der Waals surface area contributed by atoms with Crippen LogP contribution in [0.5, 0.6) is 11.6 Å². The number of sulfone groups is 1. The molecule has 0 aliphatic carbocycles. The fourth-order valence-electron chi connectivity index (χ4n) is 4.23. The van der Waals surface area contributed by atoms with E-state index in [1.54, 1.807) is 24.2 Å². The number of hydrogen-bond donors (Lipinski definition) is 0. The molecule has 0 spiro atoms. The molecule has 2 aromatic heterocycles. The normalized spacial score (nSPS) is 15.0. The van der Waals surface area contributed by atoms with Crippen LogP contribution in [0.1, 0.15) is 44.0 Å². The Labute approximate surface area is 197 Å². The topological polar surface area (TPSA) is 103 Å². The Kier molecular flexibility index (Phi) is 6.74. The number of nitrogens with zero attached hydrogens (tertiary/aromatic N) is 4. The van der Waals surface area contributed by atoms with E-state index in [9.17, 15) is 17.6 Å². The van der Waals surface area contributed by atoms with Crippen molar-refractivity contribution in [2.45, 2.75) is 43.9 Å². The van der Waals surface area contributed by atoms with Crippen LogP contribution in [-0.4, -0.2) is 59.7 Å². The highest BCUT2D eigenvalue weighted by atomic mass is 32.2. The van der Waals surface area contributed by atoms with E-state index in [0.717, 1.165) is 36.6 Å². The second-order valence-electron chi connectivity index (χ2n) is 8.15. The lowest BCUT2D eigenvalue weighted by atomic mass is 9.92. The van der Waals surface area contributed by atoms with Gasteiger partial charge in [-0.15, -0.1) is 0 Å². The Morgan fingerprint density at radius 2 is 1.97 bits per heavy atom. The summed E-state index contributed by atoms with van der Waals surface area (Å²) < 4.78 is 50.7. The Balaban J connectivity index is 1.63. The quantitative estimate of drug-likeness (QED) is 0.515. The molecule has 1 fully saturated rings. The van der Waals surface area contributed by atoms with Crippen molar-refractivity contribution in [2.75, 3.05) is 26.0 Å². The van der Waals surface area contributed by atoms with Gasteiger partial charge in [0.1, 0.15) is 0 Å². The van der Waals surface area contributed by atoms with Crippen molar-refractivity contribution in [1.29, 1.82) is 0 Å². The molecule has 4 rings (SSSR count). The van der Waals surface area contributed by atoms with Crippen LogP contribution in [0, 0.1) is 5.82 Å². The molecule has 1 amide bonds. The highest BCUT2D eigenvalue weighted by molar-refractivity contribution is 7.90. The number of rotatable bonds is 6. The minimum Gasteiger partial charge on any atom is -0.450 e. The molecule has 1 aliphatic heterocycles. The van der Waals surface area contributed by atoms with Crippen molar-refractivity contribution in [3.05, 3.63) is 47.8 Å². The van der Waals surface area contributed by atoms with Gasteiger partial charge in [-0.1, -0.05) is 6.92 Å². The van der Waals surface area contributed by atoms with Crippen LogP contribution in [-0.2, 0) is 21.0 Å². The van der Waals surface area contributed by atoms with Crippen LogP contribution in [0.25, 0.3) is 5.65 Å². The van der Waals surface area contributed by atoms with Crippen molar-refractivity contribution in [3.63, 3.8) is 0 Å². The predicted octanol–water partition coefficient (Wildman–Crippen LogP) is 3.96. The minimum absolute atomic E-state index is 0.124. The predicted molar refractivity (Wildman–Crippen MR) is 123 cm³/mol. The van der Waals surface area contributed by atoms with Crippen molar-refractivity contribution in [3.8, 4) is 11.6 Å². The van der Waals surface area contributed by atoms with Gasteiger partial charge in [-0.25, -0.2) is 27.6 Å². The van der Waals surface area contributed by atoms with Crippen LogP contribution >= 0.6 is 0 Å². The van der Waals surface area contributed by atoms with Crippen LogP contribution < -0.4 is 4.74 Å². The van der Waals surface area contributed by atoms with E-state index in [1.807, 2.05) is 11.3 Å². The van der Waals surface area contributed by atoms with Crippen molar-refractivity contribution in [1.82, 2.24) is 19.3 Å². The molecule has 0 radical (unpaired) electrons. The molecule has 11 heteroatoms. The summed E-state index contributed by atoms with van der Waals surface area (Å²) in [7, 11) is -3.54. The van der Waals surface area contributed by atoms with Gasteiger partial charge in [-0.05, 0) is 44.4 Å². The number of aromatic nitrogens is 3. The second kappa shape index (κ2) is 9.57. The lowest BCUT2D eigenvalue weighted by Crippen LogP contribution is -2.38. The summed E-state index contributed by atoms with van der Waals surface area (Å²) in [6.45, 7) is 5.32. The SMILES string of the molecule is CCOC(=O)N1CCC(c2c(CC)nc3c(Oc4ccc(S(C)(=O)=O)cc4F)nccn23)CC1. The first-order chi connectivity index (χ1) is 16.2. The largest absolute Gasteiger partial charge is 0.450 e. The number of piperidine rings is 1. The Hall–Kier alpha value is -3.21. The average molecular weight is 491 g/mol. The number of likely N-dealkylation sites (tertiary alicyclic amines) is 1. The van der Waals surface area contributed by atoms with Crippen LogP contribution in [0.15, 0.2) is 35.5 Å². The zero-order chi connectivity index (χ0) is 24.5. The first-order valence-corrected chi connectivity index (χ1v) is 13.1. The summed E-state index contributed by atoms with van der Waals surface area (Å²) in [5, 5.41) is 0. The zero-order valence-electron chi connectivity index (χ0n) is 19.3. The summed E-state index contributed by atoms with van der Waals surface area (Å²) in [6, 6.07) is 3.49. The van der Waals surface area contributed by atoms with Gasteiger partial charge in [-0.3, -0.25) is 4.40 Å². The van der Waals surface area contributed by atoms with Crippen LogP contribution in [0.4, 0.5) is 9.18 Å². The summed E-state index contributed by atoms with van der Waals surface area (Å²) in [4.78, 5) is 22.6. The maximum atomic E-state index is 14.6. The number of imidazole rings is 1. The highest BCUT2D eigenvalue weighted by Crippen LogP contribution is 2.34. The van der Waals surface area contributed by atoms with Crippen LogP contribution in [0.3, 0.4) is 0 Å². The monoisotopic (exact) mass is 490 g/mol. The number of hydrogen-bond acceptors (Lipinski definition) is 7. The Morgan fingerprint density at radius 1 is 1.24 bits per heavy atom. The molecule has 0 bridgehead atoms. The molecular weight excluding hydrogens is 463 g/mol. The number of aryl methyl sites for hydroxylation is 1.